The molecule has 1 heterocycles. The van der Waals surface area contributed by atoms with Crippen LogP contribution in [0.2, 0.25) is 0 Å². The lowest BCUT2D eigenvalue weighted by Gasteiger charge is -2.17. The van der Waals surface area contributed by atoms with Crippen molar-refractivity contribution in [2.75, 3.05) is 25.4 Å². The minimum atomic E-state index is -0.901. The van der Waals surface area contributed by atoms with Crippen LogP contribution < -0.4 is 0 Å². The van der Waals surface area contributed by atoms with E-state index < -0.39 is 5.97 Å². The van der Waals surface area contributed by atoms with Crippen LogP contribution in [-0.4, -0.2) is 51.6 Å². The normalized spacial score (nSPS) is 11.1. The Hall–Kier alpha value is -1.14. The molecule has 0 aliphatic carbocycles. The quantitative estimate of drug-likeness (QED) is 0.707. The first kappa shape index (κ1) is 17.9. The molecular weight excluding hydrogens is 286 g/mol. The maximum absolute atomic E-state index is 11.6. The zero-order chi connectivity index (χ0) is 15.8. The predicted molar refractivity (Wildman–Crippen MR) is 86.3 cm³/mol. The van der Waals surface area contributed by atoms with Gasteiger partial charge in [-0.25, -0.2) is 4.79 Å². The van der Waals surface area contributed by atoms with E-state index in [1.165, 1.54) is 11.8 Å². The Morgan fingerprint density at radius 2 is 1.81 bits per heavy atom. The van der Waals surface area contributed by atoms with Crippen molar-refractivity contribution in [3.05, 3.63) is 16.8 Å². The van der Waals surface area contributed by atoms with Gasteiger partial charge in [0.1, 0.15) is 5.03 Å². The van der Waals surface area contributed by atoms with Crippen molar-refractivity contribution in [1.82, 2.24) is 15.1 Å². The molecule has 0 bridgehead atoms. The van der Waals surface area contributed by atoms with E-state index in [9.17, 15) is 9.90 Å². The van der Waals surface area contributed by atoms with Crippen molar-refractivity contribution >= 4 is 17.7 Å². The van der Waals surface area contributed by atoms with Crippen LogP contribution in [0.25, 0.3) is 0 Å². The number of carboxylic acids is 1. The molecule has 1 aromatic rings. The Labute approximate surface area is 131 Å². The third kappa shape index (κ3) is 4.68. The predicted octanol–water partition coefficient (Wildman–Crippen LogP) is 2.73. The number of hydrogen-bond donors (Lipinski definition) is 1. The van der Waals surface area contributed by atoms with Crippen molar-refractivity contribution in [3.8, 4) is 0 Å². The highest BCUT2D eigenvalue weighted by atomic mass is 32.2. The number of thioether (sulfide) groups is 1. The van der Waals surface area contributed by atoms with Gasteiger partial charge in [-0.1, -0.05) is 27.7 Å². The molecule has 5 nitrogen and oxygen atoms in total. The summed E-state index contributed by atoms with van der Waals surface area (Å²) in [6, 6.07) is 0. The molecule has 6 heteroatoms. The van der Waals surface area contributed by atoms with E-state index >= 15 is 0 Å². The maximum atomic E-state index is 11.6. The van der Waals surface area contributed by atoms with Gasteiger partial charge in [-0.3, -0.25) is 0 Å². The molecular formula is C15H25N3O2S. The Kier molecular flexibility index (Phi) is 7.67. The lowest BCUT2D eigenvalue weighted by atomic mass is 10.0. The number of carbonyl (C=O) groups is 1. The summed E-state index contributed by atoms with van der Waals surface area (Å²) in [5.74, 6) is -0.0765. The van der Waals surface area contributed by atoms with Gasteiger partial charge in [0.25, 0.3) is 0 Å². The van der Waals surface area contributed by atoms with Gasteiger partial charge in [0.05, 0.1) is 11.3 Å². The van der Waals surface area contributed by atoms with E-state index in [1.807, 2.05) is 13.8 Å². The lowest BCUT2D eigenvalue weighted by Crippen LogP contribution is -2.25. The Morgan fingerprint density at radius 3 is 2.29 bits per heavy atom. The Morgan fingerprint density at radius 1 is 1.14 bits per heavy atom. The van der Waals surface area contributed by atoms with Gasteiger partial charge in [-0.15, -0.1) is 16.9 Å². The van der Waals surface area contributed by atoms with E-state index in [-0.39, 0.29) is 0 Å². The zero-order valence-corrected chi connectivity index (χ0v) is 14.2. The van der Waals surface area contributed by atoms with E-state index in [0.717, 1.165) is 36.6 Å². The lowest BCUT2D eigenvalue weighted by molar-refractivity contribution is 0.0690. The summed E-state index contributed by atoms with van der Waals surface area (Å²) in [6.45, 7) is 11.1. The number of aryl methyl sites for hydroxylation is 1. The molecule has 0 atom stereocenters. The molecule has 0 fully saturated rings. The van der Waals surface area contributed by atoms with Crippen LogP contribution >= 0.6 is 11.8 Å². The number of carboxylic acid groups (broad SMARTS) is 1. The average Bonchev–Trinajstić information content (AvgIpc) is 2.50. The largest absolute Gasteiger partial charge is 0.478 e. The van der Waals surface area contributed by atoms with Crippen LogP contribution in [0.3, 0.4) is 0 Å². The molecule has 1 N–H and O–H groups in total. The van der Waals surface area contributed by atoms with Gasteiger partial charge in [0.2, 0.25) is 0 Å². The minimum absolute atomic E-state index is 0.342. The van der Waals surface area contributed by atoms with Crippen LogP contribution in [0, 0.1) is 0 Å². The summed E-state index contributed by atoms with van der Waals surface area (Å²) in [5.41, 5.74) is 1.96. The summed E-state index contributed by atoms with van der Waals surface area (Å²) in [6.07, 6.45) is 1.38. The number of hydrogen-bond acceptors (Lipinski definition) is 5. The summed E-state index contributed by atoms with van der Waals surface area (Å²) in [7, 11) is 0. The van der Waals surface area contributed by atoms with Crippen LogP contribution in [0.1, 0.15) is 49.3 Å². The molecule has 0 spiro atoms. The molecule has 0 amide bonds. The third-order valence-corrected chi connectivity index (χ3v) is 4.51. The molecule has 118 valence electrons. The average molecular weight is 311 g/mol. The summed E-state index contributed by atoms with van der Waals surface area (Å²) in [5, 5.41) is 18.4. The first-order chi connectivity index (χ1) is 10.1. The van der Waals surface area contributed by atoms with Gasteiger partial charge in [0, 0.05) is 12.3 Å². The second kappa shape index (κ2) is 9.00. The van der Waals surface area contributed by atoms with E-state index in [4.69, 9.17) is 0 Å². The van der Waals surface area contributed by atoms with Gasteiger partial charge in [0.15, 0.2) is 0 Å². The van der Waals surface area contributed by atoms with E-state index in [2.05, 4.69) is 28.9 Å². The van der Waals surface area contributed by atoms with Gasteiger partial charge in [-0.05, 0) is 31.5 Å². The zero-order valence-electron chi connectivity index (χ0n) is 13.3. The van der Waals surface area contributed by atoms with Crippen molar-refractivity contribution in [2.45, 2.75) is 45.6 Å². The van der Waals surface area contributed by atoms with Crippen LogP contribution in [-0.2, 0) is 12.8 Å². The molecule has 0 aliphatic rings. The fourth-order valence-corrected chi connectivity index (χ4v) is 3.28. The highest BCUT2D eigenvalue weighted by Crippen LogP contribution is 2.25. The number of aromatic nitrogens is 2. The van der Waals surface area contributed by atoms with Crippen molar-refractivity contribution in [3.63, 3.8) is 0 Å². The second-order valence-corrected chi connectivity index (χ2v) is 5.78. The van der Waals surface area contributed by atoms with E-state index in [0.29, 0.717) is 23.4 Å². The first-order valence-electron chi connectivity index (χ1n) is 7.55. The first-order valence-corrected chi connectivity index (χ1v) is 8.54. The van der Waals surface area contributed by atoms with Crippen molar-refractivity contribution < 1.29 is 9.90 Å². The van der Waals surface area contributed by atoms with Gasteiger partial charge in [-0.2, -0.15) is 5.10 Å². The second-order valence-electron chi connectivity index (χ2n) is 4.69. The van der Waals surface area contributed by atoms with Crippen LogP contribution in [0.15, 0.2) is 5.03 Å². The molecule has 1 aromatic heterocycles. The molecule has 1 rings (SSSR count). The summed E-state index contributed by atoms with van der Waals surface area (Å²) >= 11 is 1.49. The smallest absolute Gasteiger partial charge is 0.338 e. The van der Waals surface area contributed by atoms with Gasteiger partial charge >= 0.3 is 5.97 Å². The highest BCUT2D eigenvalue weighted by Gasteiger charge is 2.20. The summed E-state index contributed by atoms with van der Waals surface area (Å²) < 4.78 is 0. The Bertz CT molecular complexity index is 476. The van der Waals surface area contributed by atoms with Crippen LogP contribution in [0.4, 0.5) is 0 Å². The van der Waals surface area contributed by atoms with Crippen molar-refractivity contribution in [1.29, 1.82) is 0 Å². The number of nitrogens with zero attached hydrogens (tertiary/aromatic N) is 3. The van der Waals surface area contributed by atoms with Gasteiger partial charge < -0.3 is 10.0 Å². The molecule has 0 radical (unpaired) electrons. The molecule has 0 saturated heterocycles. The fourth-order valence-electron chi connectivity index (χ4n) is 2.29. The molecule has 0 saturated carbocycles. The number of aromatic carboxylic acids is 1. The minimum Gasteiger partial charge on any atom is -0.478 e. The van der Waals surface area contributed by atoms with E-state index in [1.54, 1.807) is 0 Å². The monoisotopic (exact) mass is 311 g/mol. The Balaban J connectivity index is 2.94. The van der Waals surface area contributed by atoms with Crippen LogP contribution in [0.5, 0.6) is 0 Å². The SMILES string of the molecule is CCc1nnc(SCCN(CC)CC)c(C(=O)O)c1CC. The molecule has 0 aromatic carbocycles. The standard InChI is InChI=1S/C15H25N3O2S/c1-5-11-12(6-2)16-17-14(13(11)15(19)20)21-10-9-18(7-3)8-4/h5-10H2,1-4H3,(H,19,20). The third-order valence-electron chi connectivity index (χ3n) is 3.57. The maximum Gasteiger partial charge on any atom is 0.338 e. The molecule has 0 unspecified atom stereocenters. The molecule has 0 aliphatic heterocycles. The topological polar surface area (TPSA) is 66.3 Å². The summed E-state index contributed by atoms with van der Waals surface area (Å²) in [4.78, 5) is 13.9. The fraction of sp³-hybridized carbons (Fsp3) is 0.667. The molecule has 21 heavy (non-hydrogen) atoms. The number of rotatable bonds is 9. The van der Waals surface area contributed by atoms with Crippen molar-refractivity contribution in [2.24, 2.45) is 0 Å². The highest BCUT2D eigenvalue weighted by molar-refractivity contribution is 7.99.